The van der Waals surface area contributed by atoms with Crippen LogP contribution in [-0.2, 0) is 4.79 Å². The molecule has 0 aromatic heterocycles. The zero-order valence-corrected chi connectivity index (χ0v) is 7.26. The van der Waals surface area contributed by atoms with Gasteiger partial charge < -0.3 is 5.11 Å². The minimum atomic E-state index is -0.721. The third-order valence-electron chi connectivity index (χ3n) is 1.66. The number of aliphatic carboxylic acids is 1. The summed E-state index contributed by atoms with van der Waals surface area (Å²) < 4.78 is 0. The van der Waals surface area contributed by atoms with E-state index in [0.717, 1.165) is 18.4 Å². The van der Waals surface area contributed by atoms with Crippen molar-refractivity contribution in [1.29, 1.82) is 0 Å². The molecule has 0 spiro atoms. The van der Waals surface area contributed by atoms with Gasteiger partial charge in [0.15, 0.2) is 0 Å². The van der Waals surface area contributed by atoms with Crippen molar-refractivity contribution in [2.75, 3.05) is 0 Å². The Hall–Kier alpha value is -0.790. The summed E-state index contributed by atoms with van der Waals surface area (Å²) in [6.07, 6.45) is 2.03. The zero-order valence-electron chi connectivity index (χ0n) is 7.26. The fourth-order valence-electron chi connectivity index (χ4n) is 1.01. The van der Waals surface area contributed by atoms with E-state index in [1.54, 1.807) is 0 Å². The van der Waals surface area contributed by atoms with E-state index in [4.69, 9.17) is 5.11 Å². The van der Waals surface area contributed by atoms with Gasteiger partial charge in [0.2, 0.25) is 0 Å². The molecule has 0 aromatic rings. The number of allylic oxidation sites excluding steroid dienone is 1. The summed E-state index contributed by atoms with van der Waals surface area (Å²) in [6.45, 7) is 7.80. The van der Waals surface area contributed by atoms with Gasteiger partial charge in [0, 0.05) is 6.42 Å². The van der Waals surface area contributed by atoms with Crippen LogP contribution in [0.3, 0.4) is 0 Å². The molecule has 2 nitrogen and oxygen atoms in total. The first kappa shape index (κ1) is 10.2. The van der Waals surface area contributed by atoms with Crippen LogP contribution in [0, 0.1) is 5.92 Å². The van der Waals surface area contributed by atoms with E-state index in [9.17, 15) is 4.79 Å². The maximum Gasteiger partial charge on any atom is 0.303 e. The van der Waals surface area contributed by atoms with Crippen LogP contribution < -0.4 is 0 Å². The molecule has 1 unspecified atom stereocenters. The normalized spacial score (nSPS) is 12.5. The maximum absolute atomic E-state index is 10.2. The van der Waals surface area contributed by atoms with Crippen molar-refractivity contribution in [1.82, 2.24) is 0 Å². The van der Waals surface area contributed by atoms with Crippen LogP contribution in [0.4, 0.5) is 0 Å². The molecule has 0 radical (unpaired) electrons. The highest BCUT2D eigenvalue weighted by Gasteiger charge is 2.07. The van der Waals surface area contributed by atoms with Gasteiger partial charge in [-0.25, -0.2) is 0 Å². The van der Waals surface area contributed by atoms with Crippen LogP contribution in [0.25, 0.3) is 0 Å². The van der Waals surface area contributed by atoms with E-state index in [1.165, 1.54) is 0 Å². The quantitative estimate of drug-likeness (QED) is 0.621. The first-order valence-corrected chi connectivity index (χ1v) is 3.94. The summed E-state index contributed by atoms with van der Waals surface area (Å²) in [5.74, 6) is -0.499. The molecule has 1 N–H and O–H groups in total. The molecule has 0 aliphatic carbocycles. The number of hydrogen-bond donors (Lipinski definition) is 1. The lowest BCUT2D eigenvalue weighted by atomic mass is 9.98. The van der Waals surface area contributed by atoms with Crippen LogP contribution in [0.2, 0.25) is 0 Å². The molecule has 0 aliphatic rings. The minimum absolute atomic E-state index is 0.222. The Bertz CT molecular complexity index is 150. The van der Waals surface area contributed by atoms with Gasteiger partial charge in [-0.2, -0.15) is 0 Å². The van der Waals surface area contributed by atoms with Crippen molar-refractivity contribution in [3.63, 3.8) is 0 Å². The molecule has 0 saturated heterocycles. The molecular formula is C9H16O2. The molecule has 0 heterocycles. The molecule has 0 fully saturated rings. The lowest BCUT2D eigenvalue weighted by Crippen LogP contribution is -2.04. The smallest absolute Gasteiger partial charge is 0.303 e. The number of rotatable bonds is 5. The second-order valence-corrected chi connectivity index (χ2v) is 3.01. The zero-order chi connectivity index (χ0) is 8.85. The molecular weight excluding hydrogens is 140 g/mol. The van der Waals surface area contributed by atoms with Crippen LogP contribution >= 0.6 is 0 Å². The Morgan fingerprint density at radius 3 is 2.45 bits per heavy atom. The summed E-state index contributed by atoms with van der Waals surface area (Å²) >= 11 is 0. The van der Waals surface area contributed by atoms with Crippen molar-refractivity contribution >= 4 is 5.97 Å². The van der Waals surface area contributed by atoms with Crippen molar-refractivity contribution in [2.45, 2.75) is 33.1 Å². The van der Waals surface area contributed by atoms with E-state index >= 15 is 0 Å². The highest BCUT2D eigenvalue weighted by atomic mass is 16.4. The van der Waals surface area contributed by atoms with Gasteiger partial charge in [0.1, 0.15) is 0 Å². The Kier molecular flexibility index (Phi) is 4.59. The molecule has 0 aromatic carbocycles. The van der Waals surface area contributed by atoms with Crippen molar-refractivity contribution in [3.05, 3.63) is 12.2 Å². The van der Waals surface area contributed by atoms with Gasteiger partial charge in [0.05, 0.1) is 0 Å². The fraction of sp³-hybridized carbons (Fsp3) is 0.667. The highest BCUT2D eigenvalue weighted by molar-refractivity contribution is 5.66. The SMILES string of the molecule is C=C(CC)CC(C)CC(=O)O. The van der Waals surface area contributed by atoms with E-state index in [1.807, 2.05) is 13.8 Å². The second-order valence-electron chi connectivity index (χ2n) is 3.01. The van der Waals surface area contributed by atoms with Crippen LogP contribution in [0.15, 0.2) is 12.2 Å². The van der Waals surface area contributed by atoms with E-state index < -0.39 is 5.97 Å². The van der Waals surface area contributed by atoms with E-state index in [2.05, 4.69) is 6.58 Å². The maximum atomic E-state index is 10.2. The van der Waals surface area contributed by atoms with Crippen LogP contribution in [0.1, 0.15) is 33.1 Å². The van der Waals surface area contributed by atoms with Gasteiger partial charge in [-0.15, -0.1) is 0 Å². The number of hydrogen-bond acceptors (Lipinski definition) is 1. The Morgan fingerprint density at radius 2 is 2.09 bits per heavy atom. The summed E-state index contributed by atoms with van der Waals surface area (Å²) in [4.78, 5) is 10.2. The molecule has 2 heteroatoms. The van der Waals surface area contributed by atoms with Crippen molar-refractivity contribution in [3.8, 4) is 0 Å². The minimum Gasteiger partial charge on any atom is -0.481 e. The van der Waals surface area contributed by atoms with Crippen LogP contribution in [0.5, 0.6) is 0 Å². The predicted octanol–water partition coefficient (Wildman–Crippen LogP) is 2.45. The molecule has 64 valence electrons. The predicted molar refractivity (Wildman–Crippen MR) is 45.5 cm³/mol. The lowest BCUT2D eigenvalue weighted by Gasteiger charge is -2.08. The summed E-state index contributed by atoms with van der Waals surface area (Å²) in [6, 6.07) is 0. The van der Waals surface area contributed by atoms with E-state index in [-0.39, 0.29) is 12.3 Å². The average Bonchev–Trinajstić information content (AvgIpc) is 1.85. The van der Waals surface area contributed by atoms with Gasteiger partial charge in [-0.05, 0) is 18.8 Å². The van der Waals surface area contributed by atoms with Gasteiger partial charge in [-0.3, -0.25) is 4.79 Å². The van der Waals surface area contributed by atoms with Crippen molar-refractivity contribution in [2.24, 2.45) is 5.92 Å². The highest BCUT2D eigenvalue weighted by Crippen LogP contribution is 2.15. The number of carboxylic acid groups (broad SMARTS) is 1. The van der Waals surface area contributed by atoms with E-state index in [0.29, 0.717) is 0 Å². The Labute approximate surface area is 67.9 Å². The number of carboxylic acids is 1. The molecule has 0 amide bonds. The second kappa shape index (κ2) is 4.94. The third-order valence-corrected chi connectivity index (χ3v) is 1.66. The summed E-state index contributed by atoms with van der Waals surface area (Å²) in [7, 11) is 0. The topological polar surface area (TPSA) is 37.3 Å². The lowest BCUT2D eigenvalue weighted by molar-refractivity contribution is -0.137. The van der Waals surface area contributed by atoms with Crippen LogP contribution in [-0.4, -0.2) is 11.1 Å². The third kappa shape index (κ3) is 5.64. The van der Waals surface area contributed by atoms with Gasteiger partial charge >= 0.3 is 5.97 Å². The monoisotopic (exact) mass is 156 g/mol. The van der Waals surface area contributed by atoms with Crippen molar-refractivity contribution < 1.29 is 9.90 Å². The summed E-state index contributed by atoms with van der Waals surface area (Å²) in [5.41, 5.74) is 1.14. The summed E-state index contributed by atoms with van der Waals surface area (Å²) in [5, 5.41) is 8.44. The first-order valence-electron chi connectivity index (χ1n) is 3.94. The molecule has 0 rings (SSSR count). The first-order chi connectivity index (χ1) is 5.06. The molecule has 0 saturated carbocycles. The standard InChI is InChI=1S/C9H16O2/c1-4-7(2)5-8(3)6-9(10)11/h8H,2,4-6H2,1,3H3,(H,10,11). The molecule has 1 atom stereocenters. The molecule has 11 heavy (non-hydrogen) atoms. The van der Waals surface area contributed by atoms with Gasteiger partial charge in [-0.1, -0.05) is 26.0 Å². The molecule has 0 bridgehead atoms. The Balaban J connectivity index is 3.60. The largest absolute Gasteiger partial charge is 0.481 e. The Morgan fingerprint density at radius 1 is 1.55 bits per heavy atom. The fourth-order valence-corrected chi connectivity index (χ4v) is 1.01. The number of carbonyl (C=O) groups is 1. The van der Waals surface area contributed by atoms with Gasteiger partial charge in [0.25, 0.3) is 0 Å². The average molecular weight is 156 g/mol. The molecule has 0 aliphatic heterocycles.